The topological polar surface area (TPSA) is 29.0 Å². The van der Waals surface area contributed by atoms with Crippen molar-refractivity contribution in [1.29, 1.82) is 0 Å². The second-order valence-corrected chi connectivity index (χ2v) is 6.66. The highest BCUT2D eigenvalue weighted by Gasteiger charge is 2.24. The summed E-state index contributed by atoms with van der Waals surface area (Å²) >= 11 is 7.59. The van der Waals surface area contributed by atoms with E-state index in [2.05, 4.69) is 35.0 Å². The maximum Gasteiger partial charge on any atom is 0.205 e. The van der Waals surface area contributed by atoms with Crippen molar-refractivity contribution in [3.05, 3.63) is 5.82 Å². The Kier molecular flexibility index (Phi) is 3.40. The highest BCUT2D eigenvalue weighted by molar-refractivity contribution is 7.09. The minimum absolute atomic E-state index is 0.0412. The van der Waals surface area contributed by atoms with Gasteiger partial charge in [0, 0.05) is 35.4 Å². The fourth-order valence-corrected chi connectivity index (χ4v) is 2.79. The summed E-state index contributed by atoms with van der Waals surface area (Å²) < 4.78 is 4.44. The van der Waals surface area contributed by atoms with Gasteiger partial charge in [0.1, 0.15) is 5.82 Å². The van der Waals surface area contributed by atoms with E-state index in [4.69, 9.17) is 11.6 Å². The van der Waals surface area contributed by atoms with Gasteiger partial charge in [0.15, 0.2) is 0 Å². The van der Waals surface area contributed by atoms with Gasteiger partial charge in [-0.2, -0.15) is 4.37 Å². The van der Waals surface area contributed by atoms with E-state index >= 15 is 0 Å². The molecular weight excluding hydrogens is 242 g/mol. The maximum atomic E-state index is 6.09. The average Bonchev–Trinajstić information content (AvgIpc) is 2.67. The summed E-state index contributed by atoms with van der Waals surface area (Å²) in [6.07, 6.45) is 2.10. The lowest BCUT2D eigenvalue weighted by atomic mass is 9.96. The van der Waals surface area contributed by atoms with Gasteiger partial charge in [-0.1, -0.05) is 20.8 Å². The molecule has 1 fully saturated rings. The zero-order valence-electron chi connectivity index (χ0n) is 10.0. The number of alkyl halides is 1. The van der Waals surface area contributed by atoms with Crippen molar-refractivity contribution in [3.63, 3.8) is 0 Å². The smallest absolute Gasteiger partial charge is 0.205 e. The SMILES string of the molecule is CC(C)(C)c1nsc(N2CCC(Cl)CC2)n1. The number of rotatable bonds is 1. The van der Waals surface area contributed by atoms with Crippen molar-refractivity contribution in [2.75, 3.05) is 18.0 Å². The van der Waals surface area contributed by atoms with Crippen LogP contribution in [0.25, 0.3) is 0 Å². The molecule has 0 atom stereocenters. The third-order valence-corrected chi connectivity index (χ3v) is 3.99. The Morgan fingerprint density at radius 3 is 2.44 bits per heavy atom. The van der Waals surface area contributed by atoms with Crippen LogP contribution in [-0.4, -0.2) is 27.8 Å². The Morgan fingerprint density at radius 2 is 1.94 bits per heavy atom. The van der Waals surface area contributed by atoms with Crippen LogP contribution in [0.1, 0.15) is 39.4 Å². The van der Waals surface area contributed by atoms with Crippen LogP contribution in [0.15, 0.2) is 0 Å². The maximum absolute atomic E-state index is 6.09. The predicted octanol–water partition coefficient (Wildman–Crippen LogP) is 3.04. The third-order valence-electron chi connectivity index (χ3n) is 2.78. The number of hydrogen-bond donors (Lipinski definition) is 0. The van der Waals surface area contributed by atoms with Gasteiger partial charge in [0.05, 0.1) is 0 Å². The molecule has 0 aliphatic carbocycles. The highest BCUT2D eigenvalue weighted by atomic mass is 35.5. The van der Waals surface area contributed by atoms with E-state index in [0.717, 1.165) is 36.9 Å². The number of piperidine rings is 1. The summed E-state index contributed by atoms with van der Waals surface area (Å²) in [4.78, 5) is 6.92. The molecule has 2 rings (SSSR count). The molecule has 0 saturated carbocycles. The Morgan fingerprint density at radius 1 is 1.31 bits per heavy atom. The standard InChI is InChI=1S/C11H18ClN3S/c1-11(2,3)9-13-10(16-14-9)15-6-4-8(12)5-7-15/h8H,4-7H2,1-3H3. The number of aromatic nitrogens is 2. The van der Waals surface area contributed by atoms with Crippen LogP contribution in [0.5, 0.6) is 0 Å². The molecule has 0 aromatic carbocycles. The van der Waals surface area contributed by atoms with Crippen LogP contribution in [0, 0.1) is 0 Å². The molecular formula is C11H18ClN3S. The molecule has 0 radical (unpaired) electrons. The molecule has 0 amide bonds. The van der Waals surface area contributed by atoms with Gasteiger partial charge in [0.2, 0.25) is 5.13 Å². The number of halogens is 1. The lowest BCUT2D eigenvalue weighted by molar-refractivity contribution is 0.549. The summed E-state index contributed by atoms with van der Waals surface area (Å²) in [6, 6.07) is 0. The van der Waals surface area contributed by atoms with E-state index in [0.29, 0.717) is 5.38 Å². The third kappa shape index (κ3) is 2.66. The lowest BCUT2D eigenvalue weighted by Crippen LogP contribution is -2.34. The van der Waals surface area contributed by atoms with E-state index < -0.39 is 0 Å². The summed E-state index contributed by atoms with van der Waals surface area (Å²) in [6.45, 7) is 8.44. The molecule has 16 heavy (non-hydrogen) atoms. The Balaban J connectivity index is 2.08. The normalized spacial score (nSPS) is 19.1. The summed E-state index contributed by atoms with van der Waals surface area (Å²) in [5, 5.41) is 1.39. The zero-order chi connectivity index (χ0) is 11.8. The van der Waals surface area contributed by atoms with Crippen molar-refractivity contribution in [1.82, 2.24) is 9.36 Å². The Bertz CT molecular complexity index is 350. The van der Waals surface area contributed by atoms with Crippen LogP contribution >= 0.6 is 23.1 Å². The molecule has 0 unspecified atom stereocenters. The van der Waals surface area contributed by atoms with E-state index in [1.165, 1.54) is 11.5 Å². The van der Waals surface area contributed by atoms with Crippen molar-refractivity contribution in [3.8, 4) is 0 Å². The van der Waals surface area contributed by atoms with E-state index in [9.17, 15) is 0 Å². The molecule has 90 valence electrons. The Hall–Kier alpha value is -0.350. The highest BCUT2D eigenvalue weighted by Crippen LogP contribution is 2.27. The molecule has 0 bridgehead atoms. The first-order valence-electron chi connectivity index (χ1n) is 5.70. The second-order valence-electron chi connectivity index (χ2n) is 5.31. The first-order valence-corrected chi connectivity index (χ1v) is 6.91. The minimum atomic E-state index is 0.0412. The van der Waals surface area contributed by atoms with Crippen molar-refractivity contribution in [2.45, 2.75) is 44.4 Å². The molecule has 1 aliphatic rings. The Labute approximate surface area is 106 Å². The van der Waals surface area contributed by atoms with Crippen LogP contribution in [0.2, 0.25) is 0 Å². The van der Waals surface area contributed by atoms with Gasteiger partial charge in [0.25, 0.3) is 0 Å². The van der Waals surface area contributed by atoms with Gasteiger partial charge >= 0.3 is 0 Å². The van der Waals surface area contributed by atoms with E-state index in [1.54, 1.807) is 0 Å². The van der Waals surface area contributed by atoms with Gasteiger partial charge in [-0.05, 0) is 12.8 Å². The second kappa shape index (κ2) is 4.49. The van der Waals surface area contributed by atoms with Crippen molar-refractivity contribution in [2.24, 2.45) is 0 Å². The van der Waals surface area contributed by atoms with Crippen molar-refractivity contribution < 1.29 is 0 Å². The van der Waals surface area contributed by atoms with Gasteiger partial charge in [-0.3, -0.25) is 0 Å². The molecule has 3 nitrogen and oxygen atoms in total. The van der Waals surface area contributed by atoms with Crippen LogP contribution in [0.4, 0.5) is 5.13 Å². The van der Waals surface area contributed by atoms with Gasteiger partial charge in [-0.25, -0.2) is 4.98 Å². The molecule has 1 saturated heterocycles. The predicted molar refractivity (Wildman–Crippen MR) is 69.7 cm³/mol. The molecule has 1 aliphatic heterocycles. The molecule has 1 aromatic heterocycles. The van der Waals surface area contributed by atoms with Crippen LogP contribution in [0.3, 0.4) is 0 Å². The molecule has 5 heteroatoms. The summed E-state index contributed by atoms with van der Waals surface area (Å²) in [7, 11) is 0. The fourth-order valence-electron chi connectivity index (χ4n) is 1.69. The fraction of sp³-hybridized carbons (Fsp3) is 0.818. The monoisotopic (exact) mass is 259 g/mol. The molecule has 1 aromatic rings. The molecule has 2 heterocycles. The van der Waals surface area contributed by atoms with Gasteiger partial charge < -0.3 is 4.90 Å². The zero-order valence-corrected chi connectivity index (χ0v) is 11.6. The summed E-state index contributed by atoms with van der Waals surface area (Å²) in [5.41, 5.74) is 0.0412. The average molecular weight is 260 g/mol. The van der Waals surface area contributed by atoms with Crippen LogP contribution in [-0.2, 0) is 5.41 Å². The van der Waals surface area contributed by atoms with Crippen LogP contribution < -0.4 is 4.90 Å². The van der Waals surface area contributed by atoms with E-state index in [1.807, 2.05) is 0 Å². The first-order chi connectivity index (χ1) is 7.47. The quantitative estimate of drug-likeness (QED) is 0.726. The van der Waals surface area contributed by atoms with Gasteiger partial charge in [-0.15, -0.1) is 11.6 Å². The first kappa shape index (κ1) is 12.1. The number of nitrogens with zero attached hydrogens (tertiary/aromatic N) is 3. The van der Waals surface area contributed by atoms with Crippen molar-refractivity contribution >= 4 is 28.3 Å². The lowest BCUT2D eigenvalue weighted by Gasteiger charge is -2.28. The molecule has 0 N–H and O–H groups in total. The molecule has 0 spiro atoms. The number of hydrogen-bond acceptors (Lipinski definition) is 4. The minimum Gasteiger partial charge on any atom is -0.347 e. The largest absolute Gasteiger partial charge is 0.347 e. The summed E-state index contributed by atoms with van der Waals surface area (Å²) in [5.74, 6) is 0.945. The van der Waals surface area contributed by atoms with E-state index in [-0.39, 0.29) is 5.41 Å². The number of anilines is 1.